The standard InChI is InChI=1S/C16H15ClF3N3O3/c1-15(2,3)26-14(24)22-9-4-5-11(10(17)8-9)25-13-21-7-6-12(23-13)16(18,19)20/h4-8H,1-3H3,(H,22,24). The van der Waals surface area contributed by atoms with Gasteiger partial charge in [0.25, 0.3) is 0 Å². The van der Waals surface area contributed by atoms with Gasteiger partial charge >= 0.3 is 18.3 Å². The molecule has 0 aliphatic carbocycles. The Hall–Kier alpha value is -2.55. The maximum absolute atomic E-state index is 12.7. The summed E-state index contributed by atoms with van der Waals surface area (Å²) in [5.74, 6) is 0.0285. The summed E-state index contributed by atoms with van der Waals surface area (Å²) in [4.78, 5) is 18.6. The van der Waals surface area contributed by atoms with Crippen LogP contribution in [-0.4, -0.2) is 21.7 Å². The minimum absolute atomic E-state index is 0.0285. The van der Waals surface area contributed by atoms with Crippen LogP contribution in [0.25, 0.3) is 0 Å². The molecule has 0 aliphatic heterocycles. The molecular weight excluding hydrogens is 375 g/mol. The van der Waals surface area contributed by atoms with Crippen molar-refractivity contribution in [2.45, 2.75) is 32.5 Å². The number of ether oxygens (including phenoxy) is 2. The summed E-state index contributed by atoms with van der Waals surface area (Å²) in [5.41, 5.74) is -1.49. The Morgan fingerprint density at radius 3 is 2.46 bits per heavy atom. The first-order chi connectivity index (χ1) is 11.9. The van der Waals surface area contributed by atoms with Gasteiger partial charge in [-0.05, 0) is 45.0 Å². The first-order valence-corrected chi connectivity index (χ1v) is 7.69. The summed E-state index contributed by atoms with van der Waals surface area (Å²) in [6.07, 6.45) is -4.37. The zero-order chi connectivity index (χ0) is 19.5. The number of halogens is 4. The van der Waals surface area contributed by atoms with Gasteiger partial charge in [0, 0.05) is 11.9 Å². The summed E-state index contributed by atoms with van der Waals surface area (Å²) in [6.45, 7) is 5.14. The normalized spacial score (nSPS) is 11.8. The Balaban J connectivity index is 2.12. The van der Waals surface area contributed by atoms with E-state index < -0.39 is 29.6 Å². The molecule has 1 aromatic heterocycles. The quantitative estimate of drug-likeness (QED) is 0.772. The molecule has 0 spiro atoms. The number of carbonyl (C=O) groups is 1. The highest BCUT2D eigenvalue weighted by Crippen LogP contribution is 2.32. The van der Waals surface area contributed by atoms with Crippen molar-refractivity contribution in [3.8, 4) is 11.8 Å². The van der Waals surface area contributed by atoms with Crippen molar-refractivity contribution in [2.75, 3.05) is 5.32 Å². The van der Waals surface area contributed by atoms with E-state index in [9.17, 15) is 18.0 Å². The summed E-state index contributed by atoms with van der Waals surface area (Å²) in [7, 11) is 0. The van der Waals surface area contributed by atoms with Gasteiger partial charge in [0.1, 0.15) is 11.4 Å². The second kappa shape index (κ2) is 7.36. The first kappa shape index (κ1) is 19.8. The number of hydrogen-bond acceptors (Lipinski definition) is 5. The van der Waals surface area contributed by atoms with Crippen molar-refractivity contribution in [2.24, 2.45) is 0 Å². The molecule has 2 rings (SSSR count). The number of hydrogen-bond donors (Lipinski definition) is 1. The molecule has 0 fully saturated rings. The molecule has 140 valence electrons. The van der Waals surface area contributed by atoms with E-state index in [2.05, 4.69) is 15.3 Å². The number of aromatic nitrogens is 2. The third-order valence-corrected chi connectivity index (χ3v) is 3.00. The van der Waals surface area contributed by atoms with E-state index in [1.165, 1.54) is 18.2 Å². The topological polar surface area (TPSA) is 73.3 Å². The zero-order valence-corrected chi connectivity index (χ0v) is 14.8. The molecule has 0 radical (unpaired) electrons. The van der Waals surface area contributed by atoms with Crippen LogP contribution >= 0.6 is 11.6 Å². The SMILES string of the molecule is CC(C)(C)OC(=O)Nc1ccc(Oc2nccc(C(F)(F)F)n2)c(Cl)c1. The fourth-order valence-corrected chi connectivity index (χ4v) is 1.95. The van der Waals surface area contributed by atoms with Crippen molar-refractivity contribution in [1.82, 2.24) is 9.97 Å². The lowest BCUT2D eigenvalue weighted by atomic mass is 10.2. The van der Waals surface area contributed by atoms with Gasteiger partial charge in [-0.3, -0.25) is 5.32 Å². The van der Waals surface area contributed by atoms with Gasteiger partial charge in [0.05, 0.1) is 5.02 Å². The van der Waals surface area contributed by atoms with Crippen LogP contribution in [0.1, 0.15) is 26.5 Å². The second-order valence-electron chi connectivity index (χ2n) is 6.10. The lowest BCUT2D eigenvalue weighted by Crippen LogP contribution is -2.27. The summed E-state index contributed by atoms with van der Waals surface area (Å²) in [6, 6.07) is 4.38. The van der Waals surface area contributed by atoms with Crippen LogP contribution in [0.4, 0.5) is 23.7 Å². The van der Waals surface area contributed by atoms with E-state index in [0.717, 1.165) is 12.3 Å². The number of nitrogens with one attached hydrogen (secondary N) is 1. The number of amides is 1. The van der Waals surface area contributed by atoms with Crippen LogP contribution in [-0.2, 0) is 10.9 Å². The molecule has 0 bridgehead atoms. The maximum atomic E-state index is 12.7. The van der Waals surface area contributed by atoms with E-state index >= 15 is 0 Å². The molecule has 0 saturated carbocycles. The zero-order valence-electron chi connectivity index (χ0n) is 14.0. The second-order valence-corrected chi connectivity index (χ2v) is 6.50. The molecule has 26 heavy (non-hydrogen) atoms. The predicted octanol–water partition coefficient (Wildman–Crippen LogP) is 5.29. The van der Waals surface area contributed by atoms with Gasteiger partial charge in [0.15, 0.2) is 5.69 Å². The summed E-state index contributed by atoms with van der Waals surface area (Å²) in [5, 5.41) is 2.52. The summed E-state index contributed by atoms with van der Waals surface area (Å²) < 4.78 is 48.3. The van der Waals surface area contributed by atoms with E-state index in [0.29, 0.717) is 5.69 Å². The largest absolute Gasteiger partial charge is 0.444 e. The molecule has 0 aliphatic rings. The number of anilines is 1. The third-order valence-electron chi connectivity index (χ3n) is 2.70. The fourth-order valence-electron chi connectivity index (χ4n) is 1.73. The highest BCUT2D eigenvalue weighted by Gasteiger charge is 2.33. The number of benzene rings is 1. The molecule has 1 amide bonds. The van der Waals surface area contributed by atoms with Crippen molar-refractivity contribution < 1.29 is 27.4 Å². The van der Waals surface area contributed by atoms with Gasteiger partial charge in [0.2, 0.25) is 0 Å². The molecule has 1 heterocycles. The Bertz CT molecular complexity index is 807. The van der Waals surface area contributed by atoms with Crippen LogP contribution in [0, 0.1) is 0 Å². The van der Waals surface area contributed by atoms with E-state index in [-0.39, 0.29) is 10.8 Å². The molecule has 0 saturated heterocycles. The third kappa shape index (κ3) is 5.76. The molecule has 6 nitrogen and oxygen atoms in total. The average Bonchev–Trinajstić information content (AvgIpc) is 2.47. The molecule has 0 unspecified atom stereocenters. The van der Waals surface area contributed by atoms with E-state index in [1.807, 2.05) is 0 Å². The van der Waals surface area contributed by atoms with Crippen molar-refractivity contribution in [1.29, 1.82) is 0 Å². The number of nitrogens with zero attached hydrogens (tertiary/aromatic N) is 2. The van der Waals surface area contributed by atoms with E-state index in [4.69, 9.17) is 21.1 Å². The van der Waals surface area contributed by atoms with Crippen molar-refractivity contribution in [3.05, 3.63) is 41.2 Å². The Morgan fingerprint density at radius 2 is 1.88 bits per heavy atom. The predicted molar refractivity (Wildman–Crippen MR) is 88.4 cm³/mol. The van der Waals surface area contributed by atoms with Crippen molar-refractivity contribution in [3.63, 3.8) is 0 Å². The minimum Gasteiger partial charge on any atom is -0.444 e. The van der Waals surface area contributed by atoms with Crippen molar-refractivity contribution >= 4 is 23.4 Å². The van der Waals surface area contributed by atoms with Crippen LogP contribution in [0.2, 0.25) is 5.02 Å². The molecule has 1 N–H and O–H groups in total. The van der Waals surface area contributed by atoms with Gasteiger partial charge in [-0.2, -0.15) is 18.2 Å². The molecular formula is C16H15ClF3N3O3. The summed E-state index contributed by atoms with van der Waals surface area (Å²) >= 11 is 6.03. The van der Waals surface area contributed by atoms with Crippen LogP contribution in [0.3, 0.4) is 0 Å². The van der Waals surface area contributed by atoms with Gasteiger partial charge < -0.3 is 9.47 Å². The lowest BCUT2D eigenvalue weighted by molar-refractivity contribution is -0.141. The highest BCUT2D eigenvalue weighted by atomic mass is 35.5. The van der Waals surface area contributed by atoms with Gasteiger partial charge in [-0.25, -0.2) is 9.78 Å². The lowest BCUT2D eigenvalue weighted by Gasteiger charge is -2.19. The smallest absolute Gasteiger partial charge is 0.433 e. The molecule has 2 aromatic rings. The Labute approximate surface area is 152 Å². The molecule has 1 aromatic carbocycles. The molecule has 10 heteroatoms. The van der Waals surface area contributed by atoms with E-state index in [1.54, 1.807) is 20.8 Å². The van der Waals surface area contributed by atoms with Gasteiger partial charge in [-0.15, -0.1) is 0 Å². The minimum atomic E-state index is -4.62. The fraction of sp³-hybridized carbons (Fsp3) is 0.312. The first-order valence-electron chi connectivity index (χ1n) is 7.32. The van der Waals surface area contributed by atoms with Crippen LogP contribution < -0.4 is 10.1 Å². The van der Waals surface area contributed by atoms with Crippen LogP contribution in [0.15, 0.2) is 30.5 Å². The molecule has 0 atom stereocenters. The maximum Gasteiger partial charge on any atom is 0.433 e. The van der Waals surface area contributed by atoms with Crippen LogP contribution in [0.5, 0.6) is 11.8 Å². The highest BCUT2D eigenvalue weighted by molar-refractivity contribution is 6.32. The number of alkyl halides is 3. The Kier molecular flexibility index (Phi) is 5.60. The average molecular weight is 390 g/mol. The number of rotatable bonds is 3. The monoisotopic (exact) mass is 389 g/mol. The Morgan fingerprint density at radius 1 is 1.19 bits per heavy atom. The number of carbonyl (C=O) groups excluding carboxylic acids is 1. The van der Waals surface area contributed by atoms with Gasteiger partial charge in [-0.1, -0.05) is 11.6 Å².